The Morgan fingerprint density at radius 1 is 0.977 bits per heavy atom. The molecular formula is C32H45BrN10. The van der Waals surface area contributed by atoms with Gasteiger partial charge in [0.05, 0.1) is 16.4 Å². The molecule has 0 unspecified atom stereocenters. The first-order chi connectivity index (χ1) is 20.5. The molecular weight excluding hydrogens is 604 g/mol. The van der Waals surface area contributed by atoms with E-state index in [4.69, 9.17) is 4.98 Å². The SMILES string of the molecule is CN1C(C)(C)CC(Nc2c(Br)cnc3[nH]c(-c4ccc(N5CCN(CCNc6ccnn6C)CC5)cc4)nc23)CC1(C)C. The zero-order valence-electron chi connectivity index (χ0n) is 26.3. The Bertz CT molecular complexity index is 1530. The standard InChI is InChI=1S/C32H45BrN10/c1-31(2)19-23(20-32(3,4)41(31)6)37-27-25(33)21-35-30-28(27)38-29(39-30)22-7-9-24(10-8-22)43-17-15-42(16-18-43)14-13-34-26-11-12-36-40(26)5/h7-12,21,23,34H,13-20H2,1-6H3,(H2,35,37,38,39). The van der Waals surface area contributed by atoms with Crippen LogP contribution >= 0.6 is 15.9 Å². The lowest BCUT2D eigenvalue weighted by atomic mass is 9.77. The minimum absolute atomic E-state index is 0.0977. The number of aromatic nitrogens is 5. The van der Waals surface area contributed by atoms with Crippen LogP contribution in [-0.4, -0.2) is 98.0 Å². The maximum absolute atomic E-state index is 5.05. The summed E-state index contributed by atoms with van der Waals surface area (Å²) < 4.78 is 2.81. The van der Waals surface area contributed by atoms with E-state index in [0.717, 1.165) is 90.6 Å². The summed E-state index contributed by atoms with van der Waals surface area (Å²) in [6.45, 7) is 15.4. The van der Waals surface area contributed by atoms with Crippen molar-refractivity contribution < 1.29 is 0 Å². The number of aromatic amines is 1. The van der Waals surface area contributed by atoms with Crippen LogP contribution in [0.5, 0.6) is 0 Å². The molecule has 4 aromatic rings. The van der Waals surface area contributed by atoms with Crippen LogP contribution in [0, 0.1) is 0 Å². The summed E-state index contributed by atoms with van der Waals surface area (Å²) in [7, 11) is 4.20. The second-order valence-corrected chi connectivity index (χ2v) is 14.2. The molecule has 0 atom stereocenters. The fourth-order valence-electron chi connectivity index (χ4n) is 6.83. The van der Waals surface area contributed by atoms with E-state index in [9.17, 15) is 0 Å². The topological polar surface area (TPSA) is 93.2 Å². The summed E-state index contributed by atoms with van der Waals surface area (Å²) in [5, 5.41) is 11.5. The molecule has 0 spiro atoms. The summed E-state index contributed by atoms with van der Waals surface area (Å²) in [6, 6.07) is 11.1. The van der Waals surface area contributed by atoms with Gasteiger partial charge in [-0.3, -0.25) is 14.5 Å². The Hall–Kier alpha value is -3.15. The number of likely N-dealkylation sites (tertiary alicyclic amines) is 1. The molecule has 1 aromatic carbocycles. The predicted octanol–water partition coefficient (Wildman–Crippen LogP) is 5.42. The lowest BCUT2D eigenvalue weighted by Gasteiger charge is -2.54. The summed E-state index contributed by atoms with van der Waals surface area (Å²) in [5.74, 6) is 1.90. The van der Waals surface area contributed by atoms with Gasteiger partial charge in [-0.05, 0) is 87.8 Å². The zero-order chi connectivity index (χ0) is 30.4. The molecule has 2 fully saturated rings. The Morgan fingerprint density at radius 2 is 1.67 bits per heavy atom. The number of aryl methyl sites for hydroxylation is 1. The van der Waals surface area contributed by atoms with E-state index < -0.39 is 0 Å². The van der Waals surface area contributed by atoms with Crippen LogP contribution in [0.1, 0.15) is 40.5 Å². The lowest BCUT2D eigenvalue weighted by molar-refractivity contribution is -0.00766. The third-order valence-electron chi connectivity index (χ3n) is 9.56. The maximum Gasteiger partial charge on any atom is 0.159 e. The van der Waals surface area contributed by atoms with Crippen molar-refractivity contribution in [1.29, 1.82) is 0 Å². The molecule has 0 saturated carbocycles. The number of piperazine rings is 1. The van der Waals surface area contributed by atoms with Crippen molar-refractivity contribution in [1.82, 2.24) is 34.5 Å². The van der Waals surface area contributed by atoms with Crippen molar-refractivity contribution in [2.24, 2.45) is 7.05 Å². The molecule has 3 N–H and O–H groups in total. The van der Waals surface area contributed by atoms with Crippen molar-refractivity contribution in [2.45, 2.75) is 57.7 Å². The van der Waals surface area contributed by atoms with Gasteiger partial charge in [0.25, 0.3) is 0 Å². The number of nitrogens with one attached hydrogen (secondary N) is 3. The molecule has 10 nitrogen and oxygen atoms in total. The summed E-state index contributed by atoms with van der Waals surface area (Å²) in [6.07, 6.45) is 5.80. The zero-order valence-corrected chi connectivity index (χ0v) is 27.9. The molecule has 5 heterocycles. The molecule has 6 rings (SSSR count). The summed E-state index contributed by atoms with van der Waals surface area (Å²) in [4.78, 5) is 20.7. The molecule has 11 heteroatoms. The number of benzene rings is 1. The number of nitrogens with zero attached hydrogens (tertiary/aromatic N) is 7. The van der Waals surface area contributed by atoms with Crippen LogP contribution < -0.4 is 15.5 Å². The Kier molecular flexibility index (Phi) is 8.16. The monoisotopic (exact) mass is 648 g/mol. The number of hydrogen-bond donors (Lipinski definition) is 3. The van der Waals surface area contributed by atoms with Crippen molar-refractivity contribution in [2.75, 3.05) is 61.8 Å². The molecule has 2 aliphatic rings. The number of rotatable bonds is 8. The average molecular weight is 650 g/mol. The van der Waals surface area contributed by atoms with Gasteiger partial charge in [-0.2, -0.15) is 5.10 Å². The van der Waals surface area contributed by atoms with Crippen LogP contribution in [0.2, 0.25) is 0 Å². The number of fused-ring (bicyclic) bond motifs is 1. The quantitative estimate of drug-likeness (QED) is 0.233. The fourth-order valence-corrected chi connectivity index (χ4v) is 7.24. The molecule has 2 aliphatic heterocycles. The molecule has 2 saturated heterocycles. The first-order valence-electron chi connectivity index (χ1n) is 15.3. The first-order valence-corrected chi connectivity index (χ1v) is 16.1. The van der Waals surface area contributed by atoms with Crippen molar-refractivity contribution in [3.05, 3.63) is 47.2 Å². The first kappa shape index (κ1) is 29.9. The van der Waals surface area contributed by atoms with Crippen molar-refractivity contribution in [3.8, 4) is 11.4 Å². The van der Waals surface area contributed by atoms with Gasteiger partial charge in [0.1, 0.15) is 17.2 Å². The van der Waals surface area contributed by atoms with Gasteiger partial charge >= 0.3 is 0 Å². The molecule has 43 heavy (non-hydrogen) atoms. The average Bonchev–Trinajstić information content (AvgIpc) is 3.60. The largest absolute Gasteiger partial charge is 0.379 e. The summed E-state index contributed by atoms with van der Waals surface area (Å²) >= 11 is 3.76. The van der Waals surface area contributed by atoms with E-state index in [1.54, 1.807) is 0 Å². The lowest BCUT2D eigenvalue weighted by Crippen LogP contribution is -2.61. The highest BCUT2D eigenvalue weighted by atomic mass is 79.9. The number of hydrogen-bond acceptors (Lipinski definition) is 8. The highest BCUT2D eigenvalue weighted by Gasteiger charge is 2.43. The molecule has 230 valence electrons. The van der Waals surface area contributed by atoms with E-state index >= 15 is 0 Å². The van der Waals surface area contributed by atoms with E-state index in [0.29, 0.717) is 6.04 Å². The van der Waals surface area contributed by atoms with Gasteiger partial charge in [-0.15, -0.1) is 0 Å². The van der Waals surface area contributed by atoms with Gasteiger partial charge in [0.15, 0.2) is 5.65 Å². The molecule has 0 bridgehead atoms. The fraction of sp³-hybridized carbons (Fsp3) is 0.531. The number of halogens is 1. The minimum Gasteiger partial charge on any atom is -0.379 e. The normalized spacial score (nSPS) is 19.7. The van der Waals surface area contributed by atoms with Gasteiger partial charge < -0.3 is 20.5 Å². The molecule has 0 radical (unpaired) electrons. The predicted molar refractivity (Wildman–Crippen MR) is 180 cm³/mol. The van der Waals surface area contributed by atoms with Crippen LogP contribution in [0.15, 0.2) is 47.2 Å². The number of imidazole rings is 1. The third kappa shape index (κ3) is 6.25. The second-order valence-electron chi connectivity index (χ2n) is 13.3. The molecule has 0 aliphatic carbocycles. The smallest absolute Gasteiger partial charge is 0.159 e. The van der Waals surface area contributed by atoms with Gasteiger partial charge in [0.2, 0.25) is 0 Å². The maximum atomic E-state index is 5.05. The second kappa shape index (κ2) is 11.7. The van der Waals surface area contributed by atoms with Gasteiger partial charge in [-0.25, -0.2) is 9.97 Å². The van der Waals surface area contributed by atoms with E-state index in [1.165, 1.54) is 5.69 Å². The number of pyridine rings is 1. The highest BCUT2D eigenvalue weighted by Crippen LogP contribution is 2.40. The van der Waals surface area contributed by atoms with Crippen molar-refractivity contribution in [3.63, 3.8) is 0 Å². The minimum atomic E-state index is 0.0977. The molecule has 3 aromatic heterocycles. The van der Waals surface area contributed by atoms with E-state index in [-0.39, 0.29) is 11.1 Å². The van der Waals surface area contributed by atoms with E-state index in [1.807, 2.05) is 30.2 Å². The van der Waals surface area contributed by atoms with Crippen LogP contribution in [-0.2, 0) is 7.05 Å². The molecule has 0 amide bonds. The number of piperidine rings is 1. The number of H-pyrrole nitrogens is 1. The highest BCUT2D eigenvalue weighted by molar-refractivity contribution is 9.10. The van der Waals surface area contributed by atoms with Crippen LogP contribution in [0.25, 0.3) is 22.6 Å². The van der Waals surface area contributed by atoms with Crippen LogP contribution in [0.3, 0.4) is 0 Å². The van der Waals surface area contributed by atoms with Crippen molar-refractivity contribution >= 4 is 44.3 Å². The van der Waals surface area contributed by atoms with Gasteiger partial charge in [-0.1, -0.05) is 0 Å². The van der Waals surface area contributed by atoms with Gasteiger partial charge in [0, 0.05) is 86.9 Å². The Balaban J connectivity index is 1.10. The van der Waals surface area contributed by atoms with E-state index in [2.05, 4.69) is 115 Å². The Labute approximate surface area is 263 Å². The van der Waals surface area contributed by atoms with Crippen LogP contribution in [0.4, 0.5) is 17.2 Å². The summed E-state index contributed by atoms with van der Waals surface area (Å²) in [5.41, 5.74) is 5.19. The number of anilines is 3. The Morgan fingerprint density at radius 3 is 2.33 bits per heavy atom. The third-order valence-corrected chi connectivity index (χ3v) is 10.2.